The summed E-state index contributed by atoms with van der Waals surface area (Å²) in [6.45, 7) is 8.27. The number of rotatable bonds is 7. The third-order valence-electron chi connectivity index (χ3n) is 5.06. The highest BCUT2D eigenvalue weighted by Gasteiger charge is 2.29. The summed E-state index contributed by atoms with van der Waals surface area (Å²) < 4.78 is 11.0. The SMILES string of the molecule is CC(C)(CNC(=O)CC(c1ccccc1)c1ccco1)N1CCOCC1. The molecule has 0 spiro atoms. The van der Waals surface area contributed by atoms with Crippen molar-refractivity contribution in [3.63, 3.8) is 0 Å². The summed E-state index contributed by atoms with van der Waals surface area (Å²) in [5, 5.41) is 3.12. The van der Waals surface area contributed by atoms with Gasteiger partial charge in [-0.3, -0.25) is 9.69 Å². The van der Waals surface area contributed by atoms with Crippen molar-refractivity contribution in [3.8, 4) is 0 Å². The van der Waals surface area contributed by atoms with Crippen LogP contribution in [0.3, 0.4) is 0 Å². The first kappa shape index (κ1) is 18.7. The van der Waals surface area contributed by atoms with Crippen LogP contribution >= 0.6 is 0 Å². The summed E-state index contributed by atoms with van der Waals surface area (Å²) >= 11 is 0. The number of nitrogens with one attached hydrogen (secondary N) is 1. The van der Waals surface area contributed by atoms with Crippen LogP contribution < -0.4 is 5.32 Å². The zero-order valence-corrected chi connectivity index (χ0v) is 15.6. The zero-order chi connectivity index (χ0) is 18.4. The third-order valence-corrected chi connectivity index (χ3v) is 5.06. The molecule has 0 radical (unpaired) electrons. The Kier molecular flexibility index (Phi) is 6.12. The molecule has 3 rings (SSSR count). The Labute approximate surface area is 155 Å². The number of benzene rings is 1. The number of hydrogen-bond donors (Lipinski definition) is 1. The van der Waals surface area contributed by atoms with E-state index in [9.17, 15) is 4.79 Å². The maximum atomic E-state index is 12.7. The molecule has 0 aliphatic carbocycles. The van der Waals surface area contributed by atoms with Crippen molar-refractivity contribution in [3.05, 3.63) is 60.1 Å². The number of carbonyl (C=O) groups is 1. The molecule has 1 aromatic carbocycles. The number of ether oxygens (including phenoxy) is 1. The van der Waals surface area contributed by atoms with Crippen molar-refractivity contribution in [2.75, 3.05) is 32.8 Å². The standard InChI is InChI=1S/C21H28N2O3/c1-21(2,23-10-13-25-14-11-23)16-22-20(24)15-18(19-9-6-12-26-19)17-7-4-3-5-8-17/h3-9,12,18H,10-11,13-16H2,1-2H3,(H,22,24). The van der Waals surface area contributed by atoms with Gasteiger partial charge in [0.05, 0.1) is 25.4 Å². The van der Waals surface area contributed by atoms with E-state index in [0.717, 1.165) is 37.6 Å². The second-order valence-electron chi connectivity index (χ2n) is 7.37. The van der Waals surface area contributed by atoms with Crippen molar-refractivity contribution < 1.29 is 13.9 Å². The summed E-state index contributed by atoms with van der Waals surface area (Å²) in [5.74, 6) is 0.785. The summed E-state index contributed by atoms with van der Waals surface area (Å²) in [6, 6.07) is 13.8. The summed E-state index contributed by atoms with van der Waals surface area (Å²) in [5.41, 5.74) is 0.997. The van der Waals surface area contributed by atoms with Gasteiger partial charge in [0.15, 0.2) is 0 Å². The maximum absolute atomic E-state index is 12.7. The van der Waals surface area contributed by atoms with Gasteiger partial charge in [-0.25, -0.2) is 0 Å². The molecule has 1 fully saturated rings. The molecule has 1 aromatic heterocycles. The van der Waals surface area contributed by atoms with E-state index in [1.54, 1.807) is 6.26 Å². The third kappa shape index (κ3) is 4.74. The fourth-order valence-corrected chi connectivity index (χ4v) is 3.41. The van der Waals surface area contributed by atoms with Crippen molar-refractivity contribution in [1.29, 1.82) is 0 Å². The summed E-state index contributed by atoms with van der Waals surface area (Å²) in [7, 11) is 0. The van der Waals surface area contributed by atoms with Crippen LogP contribution in [0.5, 0.6) is 0 Å². The molecule has 2 heterocycles. The van der Waals surface area contributed by atoms with Crippen molar-refractivity contribution >= 4 is 5.91 Å². The van der Waals surface area contributed by atoms with Gasteiger partial charge in [-0.15, -0.1) is 0 Å². The molecule has 1 unspecified atom stereocenters. The van der Waals surface area contributed by atoms with Crippen LogP contribution in [0.2, 0.25) is 0 Å². The van der Waals surface area contributed by atoms with Crippen LogP contribution in [0.15, 0.2) is 53.1 Å². The van der Waals surface area contributed by atoms with Crippen molar-refractivity contribution in [2.45, 2.75) is 31.7 Å². The van der Waals surface area contributed by atoms with Gasteiger partial charge in [-0.1, -0.05) is 30.3 Å². The summed E-state index contributed by atoms with van der Waals surface area (Å²) in [6.07, 6.45) is 2.03. The molecule has 1 amide bonds. The Morgan fingerprint density at radius 3 is 2.54 bits per heavy atom. The molecule has 1 aliphatic rings. The van der Waals surface area contributed by atoms with Crippen LogP contribution in [0.4, 0.5) is 0 Å². The molecule has 1 atom stereocenters. The van der Waals surface area contributed by atoms with E-state index in [1.165, 1.54) is 0 Å². The van der Waals surface area contributed by atoms with E-state index in [2.05, 4.69) is 24.1 Å². The average Bonchev–Trinajstić information content (AvgIpc) is 3.20. The molecule has 140 valence electrons. The minimum absolute atomic E-state index is 0.0385. The average molecular weight is 356 g/mol. The molecule has 2 aromatic rings. The monoisotopic (exact) mass is 356 g/mol. The Balaban J connectivity index is 1.61. The number of furan rings is 1. The van der Waals surface area contributed by atoms with Gasteiger partial charge in [0.1, 0.15) is 5.76 Å². The largest absolute Gasteiger partial charge is 0.469 e. The normalized spacial score (nSPS) is 17.0. The molecule has 5 nitrogen and oxygen atoms in total. The molecule has 0 saturated carbocycles. The molecule has 0 bridgehead atoms. The van der Waals surface area contributed by atoms with Gasteiger partial charge in [0, 0.05) is 31.6 Å². The topological polar surface area (TPSA) is 54.7 Å². The van der Waals surface area contributed by atoms with Gasteiger partial charge in [-0.2, -0.15) is 0 Å². The van der Waals surface area contributed by atoms with Crippen molar-refractivity contribution in [2.24, 2.45) is 0 Å². The van der Waals surface area contributed by atoms with E-state index in [0.29, 0.717) is 13.0 Å². The Bertz CT molecular complexity index is 677. The van der Waals surface area contributed by atoms with Crippen molar-refractivity contribution in [1.82, 2.24) is 10.2 Å². The van der Waals surface area contributed by atoms with Gasteiger partial charge in [-0.05, 0) is 31.5 Å². The first-order valence-corrected chi connectivity index (χ1v) is 9.24. The van der Waals surface area contributed by atoms with Gasteiger partial charge < -0.3 is 14.5 Å². The molecule has 5 heteroatoms. The Morgan fingerprint density at radius 2 is 1.88 bits per heavy atom. The predicted molar refractivity (Wildman–Crippen MR) is 101 cm³/mol. The molecule has 26 heavy (non-hydrogen) atoms. The number of hydrogen-bond acceptors (Lipinski definition) is 4. The van der Waals surface area contributed by atoms with Crippen LogP contribution in [0.1, 0.15) is 37.5 Å². The minimum Gasteiger partial charge on any atom is -0.469 e. The second kappa shape index (κ2) is 8.52. The fourth-order valence-electron chi connectivity index (χ4n) is 3.41. The number of nitrogens with zero attached hydrogens (tertiary/aromatic N) is 1. The van der Waals surface area contributed by atoms with Gasteiger partial charge >= 0.3 is 0 Å². The fraction of sp³-hybridized carbons (Fsp3) is 0.476. The zero-order valence-electron chi connectivity index (χ0n) is 15.6. The van der Waals surface area contributed by atoms with Crippen LogP contribution in [-0.2, 0) is 9.53 Å². The lowest BCUT2D eigenvalue weighted by Gasteiger charge is -2.40. The van der Waals surface area contributed by atoms with Gasteiger partial charge in [0.2, 0.25) is 5.91 Å². The molecular weight excluding hydrogens is 328 g/mol. The minimum atomic E-state index is -0.0909. The lowest BCUT2D eigenvalue weighted by Crippen LogP contribution is -2.55. The van der Waals surface area contributed by atoms with Crippen LogP contribution in [-0.4, -0.2) is 49.2 Å². The lowest BCUT2D eigenvalue weighted by molar-refractivity contribution is -0.122. The van der Waals surface area contributed by atoms with E-state index in [-0.39, 0.29) is 17.4 Å². The number of carbonyl (C=O) groups excluding carboxylic acids is 1. The second-order valence-corrected chi connectivity index (χ2v) is 7.37. The highest BCUT2D eigenvalue weighted by Crippen LogP contribution is 2.28. The maximum Gasteiger partial charge on any atom is 0.221 e. The Morgan fingerprint density at radius 1 is 1.15 bits per heavy atom. The highest BCUT2D eigenvalue weighted by molar-refractivity contribution is 5.77. The molecular formula is C21H28N2O3. The van der Waals surface area contributed by atoms with E-state index >= 15 is 0 Å². The molecule has 1 aliphatic heterocycles. The number of morpholine rings is 1. The van der Waals surface area contributed by atoms with E-state index in [4.69, 9.17) is 9.15 Å². The highest BCUT2D eigenvalue weighted by atomic mass is 16.5. The quantitative estimate of drug-likeness (QED) is 0.828. The first-order valence-electron chi connectivity index (χ1n) is 9.24. The predicted octanol–water partition coefficient (Wildman–Crippen LogP) is 3.03. The smallest absolute Gasteiger partial charge is 0.221 e. The van der Waals surface area contributed by atoms with E-state index in [1.807, 2.05) is 42.5 Å². The molecule has 1 N–H and O–H groups in total. The molecule has 1 saturated heterocycles. The Hall–Kier alpha value is -2.11. The van der Waals surface area contributed by atoms with Gasteiger partial charge in [0.25, 0.3) is 0 Å². The van der Waals surface area contributed by atoms with Crippen LogP contribution in [0.25, 0.3) is 0 Å². The summed E-state index contributed by atoms with van der Waals surface area (Å²) in [4.78, 5) is 15.0. The number of amides is 1. The lowest BCUT2D eigenvalue weighted by atomic mass is 9.92. The van der Waals surface area contributed by atoms with Crippen LogP contribution in [0, 0.1) is 0 Å². The first-order chi connectivity index (χ1) is 12.6. The van der Waals surface area contributed by atoms with E-state index < -0.39 is 0 Å².